The number of nitrogens with zero attached hydrogens (tertiary/aromatic N) is 4. The number of aryl methyl sites for hydroxylation is 1. The molecule has 0 bridgehead atoms. The van der Waals surface area contributed by atoms with Crippen molar-refractivity contribution < 1.29 is 9.53 Å². The number of hydrogen-bond donors (Lipinski definition) is 2. The molecule has 1 aromatic carbocycles. The van der Waals surface area contributed by atoms with Crippen LogP contribution in [-0.2, 0) is 5.75 Å². The third kappa shape index (κ3) is 5.01. The van der Waals surface area contributed by atoms with Crippen LogP contribution < -0.4 is 20.9 Å². The second-order valence-electron chi connectivity index (χ2n) is 6.46. The maximum absolute atomic E-state index is 12.3. The molecule has 11 heteroatoms. The summed E-state index contributed by atoms with van der Waals surface area (Å²) in [6.07, 6.45) is 1.76. The number of aromatic nitrogens is 4. The molecule has 0 aliphatic heterocycles. The minimum absolute atomic E-state index is 0.128. The van der Waals surface area contributed by atoms with Gasteiger partial charge in [0.25, 0.3) is 5.56 Å². The predicted octanol–water partition coefficient (Wildman–Crippen LogP) is 3.80. The fraction of sp³-hybridized carbons (Fsp3) is 0.150. The number of ether oxygens (including phenoxy) is 1. The molecule has 0 fully saturated rings. The van der Waals surface area contributed by atoms with Crippen molar-refractivity contribution in [1.29, 1.82) is 0 Å². The van der Waals surface area contributed by atoms with Gasteiger partial charge in [-0.3, -0.25) is 14.5 Å². The molecule has 2 amide bonds. The second kappa shape index (κ2) is 9.14. The largest absolute Gasteiger partial charge is 0.495 e. The summed E-state index contributed by atoms with van der Waals surface area (Å²) in [4.78, 5) is 29.1. The Morgan fingerprint density at radius 1 is 1.19 bits per heavy atom. The number of hydrogen-bond acceptors (Lipinski definition) is 8. The minimum Gasteiger partial charge on any atom is -0.495 e. The third-order valence-corrected chi connectivity index (χ3v) is 6.19. The quantitative estimate of drug-likeness (QED) is 0.337. The van der Waals surface area contributed by atoms with Gasteiger partial charge >= 0.3 is 6.03 Å². The number of para-hydroxylation sites is 2. The van der Waals surface area contributed by atoms with E-state index in [0.717, 1.165) is 5.56 Å². The summed E-state index contributed by atoms with van der Waals surface area (Å²) in [7, 11) is 1.53. The van der Waals surface area contributed by atoms with Gasteiger partial charge in [-0.2, -0.15) is 0 Å². The molecule has 0 saturated heterocycles. The van der Waals surface area contributed by atoms with Crippen LogP contribution in [0.15, 0.2) is 57.8 Å². The standard InChI is InChI=1S/C20H18N6O3S2/c1-12-7-8-16-21-13(9-17(27)26(16)10-12)11-30-20-25-24-19(31-20)23-18(28)22-14-5-3-4-6-15(14)29-2/h3-10H,11H2,1-2H3,(H2,22,23,24,28). The first kappa shape index (κ1) is 20.8. The smallest absolute Gasteiger partial charge is 0.325 e. The van der Waals surface area contributed by atoms with Crippen LogP contribution >= 0.6 is 23.1 Å². The highest BCUT2D eigenvalue weighted by Crippen LogP contribution is 2.28. The molecule has 3 aromatic heterocycles. The normalized spacial score (nSPS) is 10.8. The molecule has 3 heterocycles. The van der Waals surface area contributed by atoms with Gasteiger partial charge in [0.05, 0.1) is 18.5 Å². The Hall–Kier alpha value is -3.44. The molecule has 0 aliphatic carbocycles. The number of nitrogens with one attached hydrogen (secondary N) is 2. The zero-order valence-corrected chi connectivity index (χ0v) is 18.3. The zero-order chi connectivity index (χ0) is 21.8. The average Bonchev–Trinajstić information content (AvgIpc) is 3.20. The Morgan fingerprint density at radius 3 is 2.87 bits per heavy atom. The van der Waals surface area contributed by atoms with E-state index in [1.807, 2.05) is 25.1 Å². The lowest BCUT2D eigenvalue weighted by Crippen LogP contribution is -2.19. The summed E-state index contributed by atoms with van der Waals surface area (Å²) in [5.74, 6) is 1.02. The van der Waals surface area contributed by atoms with E-state index in [9.17, 15) is 9.59 Å². The molecule has 0 aliphatic rings. The molecular formula is C20H18N6O3S2. The molecular weight excluding hydrogens is 436 g/mol. The summed E-state index contributed by atoms with van der Waals surface area (Å²) < 4.78 is 7.39. The van der Waals surface area contributed by atoms with E-state index in [1.54, 1.807) is 24.4 Å². The van der Waals surface area contributed by atoms with Gasteiger partial charge in [-0.1, -0.05) is 41.3 Å². The van der Waals surface area contributed by atoms with E-state index in [-0.39, 0.29) is 5.56 Å². The maximum Gasteiger partial charge on any atom is 0.325 e. The van der Waals surface area contributed by atoms with Crippen LogP contribution in [0.2, 0.25) is 0 Å². The Kier molecular flexibility index (Phi) is 6.14. The molecule has 9 nitrogen and oxygen atoms in total. The van der Waals surface area contributed by atoms with Crippen molar-refractivity contribution in [1.82, 2.24) is 19.6 Å². The fourth-order valence-corrected chi connectivity index (χ4v) is 4.42. The van der Waals surface area contributed by atoms with Gasteiger partial charge < -0.3 is 10.1 Å². The first-order valence-electron chi connectivity index (χ1n) is 9.18. The van der Waals surface area contributed by atoms with Crippen LogP contribution in [0, 0.1) is 6.92 Å². The predicted molar refractivity (Wildman–Crippen MR) is 121 cm³/mol. The number of rotatable bonds is 6. The van der Waals surface area contributed by atoms with E-state index >= 15 is 0 Å². The number of carbonyl (C=O) groups is 1. The summed E-state index contributed by atoms with van der Waals surface area (Å²) in [5, 5.41) is 13.8. The Morgan fingerprint density at radius 2 is 2.03 bits per heavy atom. The second-order valence-corrected chi connectivity index (χ2v) is 8.66. The molecule has 158 valence electrons. The van der Waals surface area contributed by atoms with E-state index < -0.39 is 6.03 Å². The van der Waals surface area contributed by atoms with Gasteiger partial charge in [-0.25, -0.2) is 9.78 Å². The van der Waals surface area contributed by atoms with Crippen LogP contribution in [-0.4, -0.2) is 32.7 Å². The van der Waals surface area contributed by atoms with Crippen LogP contribution in [0.3, 0.4) is 0 Å². The third-order valence-electron chi connectivity index (χ3n) is 4.19. The number of pyridine rings is 1. The van der Waals surface area contributed by atoms with Crippen LogP contribution in [0.4, 0.5) is 15.6 Å². The number of carbonyl (C=O) groups excluding carboxylic acids is 1. The lowest BCUT2D eigenvalue weighted by Gasteiger charge is -2.09. The topological polar surface area (TPSA) is 111 Å². The number of thioether (sulfide) groups is 1. The lowest BCUT2D eigenvalue weighted by molar-refractivity contribution is 0.262. The number of benzene rings is 1. The van der Waals surface area contributed by atoms with Crippen molar-refractivity contribution in [3.05, 3.63) is 70.3 Å². The molecule has 31 heavy (non-hydrogen) atoms. The van der Waals surface area contributed by atoms with Crippen molar-refractivity contribution in [3.63, 3.8) is 0 Å². The first-order chi connectivity index (χ1) is 15.0. The molecule has 2 N–H and O–H groups in total. The van der Waals surface area contributed by atoms with Crippen molar-refractivity contribution in [2.45, 2.75) is 17.0 Å². The zero-order valence-electron chi connectivity index (χ0n) is 16.7. The molecule has 0 saturated carbocycles. The first-order valence-corrected chi connectivity index (χ1v) is 11.0. The SMILES string of the molecule is COc1ccccc1NC(=O)Nc1nnc(SCc2cc(=O)n3cc(C)ccc3n2)s1. The van der Waals surface area contributed by atoms with E-state index in [2.05, 4.69) is 25.8 Å². The van der Waals surface area contributed by atoms with E-state index in [0.29, 0.717) is 38.0 Å². The van der Waals surface area contributed by atoms with Gasteiger partial charge in [0, 0.05) is 18.0 Å². The Labute approximate surface area is 185 Å². The fourth-order valence-electron chi connectivity index (χ4n) is 2.79. The van der Waals surface area contributed by atoms with Gasteiger partial charge in [0.2, 0.25) is 5.13 Å². The highest BCUT2D eigenvalue weighted by atomic mass is 32.2. The number of amides is 2. The van der Waals surface area contributed by atoms with Crippen molar-refractivity contribution >= 4 is 45.6 Å². The van der Waals surface area contributed by atoms with Crippen LogP contribution in [0.5, 0.6) is 5.75 Å². The van der Waals surface area contributed by atoms with E-state index in [4.69, 9.17) is 4.74 Å². The van der Waals surface area contributed by atoms with Crippen molar-refractivity contribution in [2.24, 2.45) is 0 Å². The number of anilines is 2. The monoisotopic (exact) mass is 454 g/mol. The van der Waals surface area contributed by atoms with E-state index in [1.165, 1.54) is 40.7 Å². The summed E-state index contributed by atoms with van der Waals surface area (Å²) in [6, 6.07) is 11.9. The summed E-state index contributed by atoms with van der Waals surface area (Å²) in [6.45, 7) is 1.92. The minimum atomic E-state index is -0.447. The van der Waals surface area contributed by atoms with Crippen LogP contribution in [0.25, 0.3) is 5.65 Å². The average molecular weight is 455 g/mol. The highest BCUT2D eigenvalue weighted by molar-refractivity contribution is 8.00. The molecule has 0 atom stereocenters. The number of fused-ring (bicyclic) bond motifs is 1. The molecule has 4 rings (SSSR count). The molecule has 0 radical (unpaired) electrons. The van der Waals surface area contributed by atoms with Crippen LogP contribution in [0.1, 0.15) is 11.3 Å². The van der Waals surface area contributed by atoms with Gasteiger partial charge in [0.1, 0.15) is 11.4 Å². The highest BCUT2D eigenvalue weighted by Gasteiger charge is 2.12. The van der Waals surface area contributed by atoms with Gasteiger partial charge in [-0.05, 0) is 30.7 Å². The lowest BCUT2D eigenvalue weighted by atomic mass is 10.3. The molecule has 4 aromatic rings. The van der Waals surface area contributed by atoms with Gasteiger partial charge in [-0.15, -0.1) is 10.2 Å². The molecule has 0 unspecified atom stereocenters. The number of urea groups is 1. The Balaban J connectivity index is 1.38. The Bertz CT molecular complexity index is 1300. The number of methoxy groups -OCH3 is 1. The summed E-state index contributed by atoms with van der Waals surface area (Å²) >= 11 is 2.63. The van der Waals surface area contributed by atoms with Gasteiger partial charge in [0.15, 0.2) is 4.34 Å². The van der Waals surface area contributed by atoms with Crippen molar-refractivity contribution in [3.8, 4) is 5.75 Å². The van der Waals surface area contributed by atoms with Crippen molar-refractivity contribution in [2.75, 3.05) is 17.7 Å². The summed E-state index contributed by atoms with van der Waals surface area (Å²) in [5.41, 5.74) is 2.66. The molecule has 0 spiro atoms. The maximum atomic E-state index is 12.3.